The second-order valence-electron chi connectivity index (χ2n) is 5.12. The standard InChI is InChI=1S/C17H14N4O/c1-11-15(9-18)16(21-17(22)20-11)14-7-3-2-6-13(14)12-5-4-8-19-10-12/h2-8,10,15-16H,1H3,(H,21,22). The van der Waals surface area contributed by atoms with Gasteiger partial charge in [0, 0.05) is 23.7 Å². The highest BCUT2D eigenvalue weighted by molar-refractivity contribution is 5.99. The lowest BCUT2D eigenvalue weighted by Gasteiger charge is -2.28. The number of carbonyl (C=O) groups is 1. The van der Waals surface area contributed by atoms with Gasteiger partial charge in [-0.1, -0.05) is 30.3 Å². The summed E-state index contributed by atoms with van der Waals surface area (Å²) in [5.74, 6) is -0.476. The number of hydrogen-bond donors (Lipinski definition) is 1. The maximum atomic E-state index is 11.7. The maximum Gasteiger partial charge on any atom is 0.341 e. The number of amides is 2. The molecule has 0 radical (unpaired) electrons. The Kier molecular flexibility index (Phi) is 3.67. The van der Waals surface area contributed by atoms with E-state index in [4.69, 9.17) is 0 Å². The van der Waals surface area contributed by atoms with Crippen molar-refractivity contribution in [3.8, 4) is 17.2 Å². The van der Waals surface area contributed by atoms with Crippen molar-refractivity contribution in [2.45, 2.75) is 13.0 Å². The van der Waals surface area contributed by atoms with E-state index in [1.54, 1.807) is 19.3 Å². The highest BCUT2D eigenvalue weighted by atomic mass is 16.2. The van der Waals surface area contributed by atoms with Crippen LogP contribution in [0.3, 0.4) is 0 Å². The van der Waals surface area contributed by atoms with Gasteiger partial charge in [-0.15, -0.1) is 0 Å². The van der Waals surface area contributed by atoms with Crippen LogP contribution in [0.2, 0.25) is 0 Å². The summed E-state index contributed by atoms with van der Waals surface area (Å²) < 4.78 is 0. The summed E-state index contributed by atoms with van der Waals surface area (Å²) in [7, 11) is 0. The summed E-state index contributed by atoms with van der Waals surface area (Å²) in [5.41, 5.74) is 3.34. The van der Waals surface area contributed by atoms with E-state index in [0.29, 0.717) is 5.71 Å². The Labute approximate surface area is 128 Å². The zero-order chi connectivity index (χ0) is 15.5. The van der Waals surface area contributed by atoms with Crippen LogP contribution < -0.4 is 5.32 Å². The monoisotopic (exact) mass is 290 g/mol. The Bertz CT molecular complexity index is 777. The summed E-state index contributed by atoms with van der Waals surface area (Å²) in [6.45, 7) is 1.71. The van der Waals surface area contributed by atoms with Crippen LogP contribution >= 0.6 is 0 Å². The minimum absolute atomic E-state index is 0.407. The number of nitriles is 1. The molecule has 1 N–H and O–H groups in total. The molecule has 1 aliphatic heterocycles. The van der Waals surface area contributed by atoms with Gasteiger partial charge in [-0.05, 0) is 24.1 Å². The highest BCUT2D eigenvalue weighted by Gasteiger charge is 2.32. The molecule has 1 aliphatic rings. The fourth-order valence-corrected chi connectivity index (χ4v) is 2.70. The Morgan fingerprint density at radius 3 is 2.77 bits per heavy atom. The molecular weight excluding hydrogens is 276 g/mol. The Morgan fingerprint density at radius 2 is 2.05 bits per heavy atom. The van der Waals surface area contributed by atoms with Crippen LogP contribution in [0.1, 0.15) is 18.5 Å². The summed E-state index contributed by atoms with van der Waals surface area (Å²) >= 11 is 0. The molecule has 2 atom stereocenters. The van der Waals surface area contributed by atoms with Gasteiger partial charge in [-0.2, -0.15) is 5.26 Å². The molecule has 1 aromatic carbocycles. The molecule has 2 unspecified atom stereocenters. The average Bonchev–Trinajstić information content (AvgIpc) is 2.55. The third-order valence-electron chi connectivity index (χ3n) is 3.75. The first kappa shape index (κ1) is 14.0. The molecule has 22 heavy (non-hydrogen) atoms. The van der Waals surface area contributed by atoms with E-state index in [9.17, 15) is 10.1 Å². The largest absolute Gasteiger partial charge is 0.341 e. The number of aliphatic imine (C=N–C) groups is 1. The minimum atomic E-state index is -0.476. The van der Waals surface area contributed by atoms with E-state index < -0.39 is 18.0 Å². The minimum Gasteiger partial charge on any atom is -0.328 e. The molecular formula is C17H14N4O. The van der Waals surface area contributed by atoms with Gasteiger partial charge in [0.05, 0.1) is 12.1 Å². The molecule has 2 aromatic rings. The Hall–Kier alpha value is -3.00. The normalized spacial score (nSPS) is 20.7. The topological polar surface area (TPSA) is 78.1 Å². The highest BCUT2D eigenvalue weighted by Crippen LogP contribution is 2.33. The van der Waals surface area contributed by atoms with Gasteiger partial charge in [0.15, 0.2) is 0 Å². The number of nitrogens with zero attached hydrogens (tertiary/aromatic N) is 3. The quantitative estimate of drug-likeness (QED) is 0.923. The fraction of sp³-hybridized carbons (Fsp3) is 0.176. The van der Waals surface area contributed by atoms with Gasteiger partial charge >= 0.3 is 6.03 Å². The average molecular weight is 290 g/mol. The zero-order valence-corrected chi connectivity index (χ0v) is 12.0. The summed E-state index contributed by atoms with van der Waals surface area (Å²) in [5, 5.41) is 12.3. The van der Waals surface area contributed by atoms with Crippen molar-refractivity contribution in [1.82, 2.24) is 10.3 Å². The van der Waals surface area contributed by atoms with Gasteiger partial charge in [0.2, 0.25) is 0 Å². The van der Waals surface area contributed by atoms with Crippen molar-refractivity contribution in [2.24, 2.45) is 10.9 Å². The number of pyridine rings is 1. The van der Waals surface area contributed by atoms with Gasteiger partial charge in [0.1, 0.15) is 5.92 Å². The van der Waals surface area contributed by atoms with Crippen molar-refractivity contribution in [2.75, 3.05) is 0 Å². The summed E-state index contributed by atoms with van der Waals surface area (Å²) in [6.07, 6.45) is 3.48. The molecule has 0 saturated heterocycles. The lowest BCUT2D eigenvalue weighted by atomic mass is 9.85. The molecule has 0 bridgehead atoms. The van der Waals surface area contributed by atoms with Crippen molar-refractivity contribution in [3.05, 3.63) is 54.4 Å². The molecule has 2 amide bonds. The first-order chi connectivity index (χ1) is 10.7. The van der Waals surface area contributed by atoms with Crippen molar-refractivity contribution in [1.29, 1.82) is 5.26 Å². The Balaban J connectivity index is 2.11. The number of urea groups is 1. The van der Waals surface area contributed by atoms with Crippen molar-refractivity contribution in [3.63, 3.8) is 0 Å². The molecule has 0 fully saturated rings. The SMILES string of the molecule is CC1=NC(=O)NC(c2ccccc2-c2cccnc2)C1C#N. The van der Waals surface area contributed by atoms with Crippen LogP contribution in [0.15, 0.2) is 53.8 Å². The summed E-state index contributed by atoms with van der Waals surface area (Å²) in [6, 6.07) is 13.0. The van der Waals surface area contributed by atoms with Crippen LogP contribution in [0.25, 0.3) is 11.1 Å². The van der Waals surface area contributed by atoms with Crippen LogP contribution in [0.4, 0.5) is 4.79 Å². The van der Waals surface area contributed by atoms with Crippen molar-refractivity contribution < 1.29 is 4.79 Å². The molecule has 2 heterocycles. The first-order valence-corrected chi connectivity index (χ1v) is 6.95. The predicted octanol–water partition coefficient (Wildman–Crippen LogP) is 3.11. The number of benzene rings is 1. The zero-order valence-electron chi connectivity index (χ0n) is 12.0. The lowest BCUT2D eigenvalue weighted by molar-refractivity contribution is 0.242. The second-order valence-corrected chi connectivity index (χ2v) is 5.12. The molecule has 1 aromatic heterocycles. The van der Waals surface area contributed by atoms with Crippen LogP contribution in [-0.4, -0.2) is 16.7 Å². The van der Waals surface area contributed by atoms with Gasteiger partial charge in [0.25, 0.3) is 0 Å². The van der Waals surface area contributed by atoms with Crippen LogP contribution in [0.5, 0.6) is 0 Å². The Morgan fingerprint density at radius 1 is 1.23 bits per heavy atom. The van der Waals surface area contributed by atoms with E-state index in [1.807, 2.05) is 36.4 Å². The third kappa shape index (κ3) is 2.47. The molecule has 108 valence electrons. The van der Waals surface area contributed by atoms with E-state index in [0.717, 1.165) is 16.7 Å². The van der Waals surface area contributed by atoms with Gasteiger partial charge < -0.3 is 5.32 Å². The third-order valence-corrected chi connectivity index (χ3v) is 3.75. The van der Waals surface area contributed by atoms with Gasteiger partial charge in [-0.25, -0.2) is 9.79 Å². The number of aromatic nitrogens is 1. The van der Waals surface area contributed by atoms with E-state index in [-0.39, 0.29) is 0 Å². The van der Waals surface area contributed by atoms with Crippen LogP contribution in [-0.2, 0) is 0 Å². The molecule has 0 aliphatic carbocycles. The number of rotatable bonds is 2. The molecule has 5 heteroatoms. The van der Waals surface area contributed by atoms with Crippen LogP contribution in [0, 0.1) is 17.2 Å². The second kappa shape index (κ2) is 5.78. The maximum absolute atomic E-state index is 11.7. The molecule has 0 spiro atoms. The van der Waals surface area contributed by atoms with E-state index in [1.165, 1.54) is 0 Å². The number of nitrogens with one attached hydrogen (secondary N) is 1. The van der Waals surface area contributed by atoms with E-state index >= 15 is 0 Å². The number of carbonyl (C=O) groups excluding carboxylic acids is 1. The number of hydrogen-bond acceptors (Lipinski definition) is 3. The predicted molar refractivity (Wildman–Crippen MR) is 83.2 cm³/mol. The first-order valence-electron chi connectivity index (χ1n) is 6.95. The molecule has 5 nitrogen and oxygen atoms in total. The van der Waals surface area contributed by atoms with Crippen molar-refractivity contribution >= 4 is 11.7 Å². The summed E-state index contributed by atoms with van der Waals surface area (Å²) in [4.78, 5) is 19.7. The lowest BCUT2D eigenvalue weighted by Crippen LogP contribution is -2.39. The smallest absolute Gasteiger partial charge is 0.328 e. The fourth-order valence-electron chi connectivity index (χ4n) is 2.70. The molecule has 3 rings (SSSR count). The van der Waals surface area contributed by atoms with E-state index in [2.05, 4.69) is 21.4 Å². The van der Waals surface area contributed by atoms with Gasteiger partial charge in [-0.3, -0.25) is 4.98 Å². The molecule has 0 saturated carbocycles.